The van der Waals surface area contributed by atoms with Crippen LogP contribution in [-0.2, 0) is 6.42 Å². The third-order valence-electron chi connectivity index (χ3n) is 2.05. The number of hydrogen-bond donors (Lipinski definition) is 1. The lowest BCUT2D eigenvalue weighted by Crippen LogP contribution is -2.04. The summed E-state index contributed by atoms with van der Waals surface area (Å²) in [6.45, 7) is 2.14. The molecule has 0 aliphatic carbocycles. The van der Waals surface area contributed by atoms with Crippen molar-refractivity contribution in [3.8, 4) is 0 Å². The molecule has 3 heteroatoms. The summed E-state index contributed by atoms with van der Waals surface area (Å²) in [5, 5.41) is 2.08. The fourth-order valence-electron chi connectivity index (χ4n) is 1.33. The number of nitrogens with one attached hydrogen (secondary N) is 1. The van der Waals surface area contributed by atoms with Gasteiger partial charge in [0.25, 0.3) is 0 Å². The maximum atomic E-state index is 10.7. The van der Waals surface area contributed by atoms with E-state index < -0.39 is 5.37 Å². The number of aryl methyl sites for hydroxylation is 1. The Kier molecular flexibility index (Phi) is 4.47. The Morgan fingerprint density at radius 2 is 2.14 bits per heavy atom. The zero-order valence-electron chi connectivity index (χ0n) is 8.22. The highest BCUT2D eigenvalue weighted by molar-refractivity contribution is 6.65. The van der Waals surface area contributed by atoms with E-state index in [0.29, 0.717) is 0 Å². The summed E-state index contributed by atoms with van der Waals surface area (Å²) in [7, 11) is 0. The number of unbranched alkanes of at least 4 members (excludes halogenated alkanes) is 1. The van der Waals surface area contributed by atoms with Crippen molar-refractivity contribution in [2.75, 3.05) is 5.32 Å². The molecule has 1 rings (SSSR count). The minimum absolute atomic E-state index is 0.533. The molecule has 76 valence electrons. The molecule has 0 aliphatic rings. The van der Waals surface area contributed by atoms with Crippen molar-refractivity contribution >= 4 is 22.7 Å². The lowest BCUT2D eigenvalue weighted by atomic mass is 10.1. The van der Waals surface area contributed by atoms with Gasteiger partial charge in [0.1, 0.15) is 0 Å². The van der Waals surface area contributed by atoms with Gasteiger partial charge in [-0.15, -0.1) is 0 Å². The van der Waals surface area contributed by atoms with E-state index in [2.05, 4.69) is 12.2 Å². The molecule has 1 aromatic rings. The quantitative estimate of drug-likeness (QED) is 0.596. The minimum atomic E-state index is -0.533. The van der Waals surface area contributed by atoms with E-state index in [4.69, 9.17) is 11.6 Å². The van der Waals surface area contributed by atoms with Gasteiger partial charge in [0.2, 0.25) is 0 Å². The number of amides is 1. The highest BCUT2D eigenvalue weighted by atomic mass is 35.5. The Balaban J connectivity index is 2.74. The summed E-state index contributed by atoms with van der Waals surface area (Å²) in [5.74, 6) is 0. The van der Waals surface area contributed by atoms with Crippen molar-refractivity contribution in [1.82, 2.24) is 0 Å². The Labute approximate surface area is 89.3 Å². The molecule has 0 unspecified atom stereocenters. The van der Waals surface area contributed by atoms with Gasteiger partial charge in [-0.2, -0.15) is 0 Å². The van der Waals surface area contributed by atoms with Gasteiger partial charge in [0, 0.05) is 5.69 Å². The van der Waals surface area contributed by atoms with Crippen LogP contribution >= 0.6 is 11.6 Å². The molecular formula is C11H14ClNO. The SMILES string of the molecule is CCCCc1ccccc1NC(=O)Cl. The summed E-state index contributed by atoms with van der Waals surface area (Å²) in [6.07, 6.45) is 3.24. The maximum Gasteiger partial charge on any atom is 0.318 e. The number of halogens is 1. The molecular weight excluding hydrogens is 198 g/mol. The van der Waals surface area contributed by atoms with Crippen LogP contribution in [0.4, 0.5) is 10.5 Å². The summed E-state index contributed by atoms with van der Waals surface area (Å²) in [4.78, 5) is 10.7. The predicted molar refractivity (Wildman–Crippen MR) is 59.9 cm³/mol. The lowest BCUT2D eigenvalue weighted by molar-refractivity contribution is 0.269. The van der Waals surface area contributed by atoms with Crippen LogP contribution in [0, 0.1) is 0 Å². The standard InChI is InChI=1S/C11H14ClNO/c1-2-3-6-9-7-4-5-8-10(9)13-11(12)14/h4-5,7-8H,2-3,6H2,1H3,(H,13,14). The van der Waals surface area contributed by atoms with Crippen molar-refractivity contribution in [2.45, 2.75) is 26.2 Å². The van der Waals surface area contributed by atoms with E-state index in [0.717, 1.165) is 30.5 Å². The molecule has 1 N–H and O–H groups in total. The van der Waals surface area contributed by atoms with Crippen LogP contribution in [0.15, 0.2) is 24.3 Å². The number of hydrogen-bond acceptors (Lipinski definition) is 1. The number of benzene rings is 1. The van der Waals surface area contributed by atoms with E-state index in [1.165, 1.54) is 0 Å². The molecule has 0 radical (unpaired) electrons. The first-order chi connectivity index (χ1) is 6.74. The molecule has 2 nitrogen and oxygen atoms in total. The molecule has 0 fully saturated rings. The van der Waals surface area contributed by atoms with Gasteiger partial charge in [-0.05, 0) is 36.1 Å². The zero-order valence-corrected chi connectivity index (χ0v) is 8.97. The van der Waals surface area contributed by atoms with Crippen molar-refractivity contribution < 1.29 is 4.79 Å². The topological polar surface area (TPSA) is 29.1 Å². The van der Waals surface area contributed by atoms with Crippen molar-refractivity contribution in [3.05, 3.63) is 29.8 Å². The van der Waals surface area contributed by atoms with E-state index in [1.807, 2.05) is 24.3 Å². The number of carbonyl (C=O) groups excluding carboxylic acids is 1. The molecule has 1 amide bonds. The second-order valence-corrected chi connectivity index (χ2v) is 3.50. The van der Waals surface area contributed by atoms with Crippen LogP contribution in [0.5, 0.6) is 0 Å². The highest BCUT2D eigenvalue weighted by Crippen LogP contribution is 2.17. The first-order valence-electron chi connectivity index (χ1n) is 4.78. The van der Waals surface area contributed by atoms with Gasteiger partial charge in [-0.3, -0.25) is 4.79 Å². The normalized spacial score (nSPS) is 9.86. The van der Waals surface area contributed by atoms with Gasteiger partial charge in [0.05, 0.1) is 0 Å². The Bertz CT molecular complexity index is 312. The first kappa shape index (κ1) is 11.1. The van der Waals surface area contributed by atoms with Gasteiger partial charge < -0.3 is 5.32 Å². The Morgan fingerprint density at radius 3 is 2.79 bits per heavy atom. The van der Waals surface area contributed by atoms with Crippen LogP contribution in [0.2, 0.25) is 0 Å². The molecule has 0 heterocycles. The van der Waals surface area contributed by atoms with Crippen molar-refractivity contribution in [1.29, 1.82) is 0 Å². The van der Waals surface area contributed by atoms with E-state index in [9.17, 15) is 4.79 Å². The first-order valence-corrected chi connectivity index (χ1v) is 5.16. The van der Waals surface area contributed by atoms with Crippen LogP contribution in [-0.4, -0.2) is 5.37 Å². The minimum Gasteiger partial charge on any atom is -0.312 e. The van der Waals surface area contributed by atoms with Gasteiger partial charge in [-0.1, -0.05) is 31.5 Å². The average Bonchev–Trinajstić information content (AvgIpc) is 2.16. The molecule has 0 aliphatic heterocycles. The molecule has 0 atom stereocenters. The summed E-state index contributed by atoms with van der Waals surface area (Å²) in [5.41, 5.74) is 1.96. The molecule has 0 saturated carbocycles. The molecule has 1 aromatic carbocycles. The van der Waals surface area contributed by atoms with Gasteiger partial charge >= 0.3 is 5.37 Å². The second-order valence-electron chi connectivity index (χ2n) is 3.16. The number of rotatable bonds is 4. The molecule has 0 spiro atoms. The monoisotopic (exact) mass is 211 g/mol. The van der Waals surface area contributed by atoms with E-state index in [1.54, 1.807) is 0 Å². The second kappa shape index (κ2) is 5.66. The third-order valence-corrected chi connectivity index (χ3v) is 2.14. The van der Waals surface area contributed by atoms with Crippen LogP contribution < -0.4 is 5.32 Å². The fourth-order valence-corrected chi connectivity index (χ4v) is 1.44. The lowest BCUT2D eigenvalue weighted by Gasteiger charge is -2.07. The summed E-state index contributed by atoms with van der Waals surface area (Å²) in [6, 6.07) is 7.73. The molecule has 0 saturated heterocycles. The van der Waals surface area contributed by atoms with Crippen LogP contribution in [0.1, 0.15) is 25.3 Å². The van der Waals surface area contributed by atoms with E-state index >= 15 is 0 Å². The average molecular weight is 212 g/mol. The van der Waals surface area contributed by atoms with Crippen molar-refractivity contribution in [2.24, 2.45) is 0 Å². The Morgan fingerprint density at radius 1 is 1.43 bits per heavy atom. The molecule has 14 heavy (non-hydrogen) atoms. The van der Waals surface area contributed by atoms with Gasteiger partial charge in [-0.25, -0.2) is 0 Å². The highest BCUT2D eigenvalue weighted by Gasteiger charge is 2.02. The van der Waals surface area contributed by atoms with Crippen LogP contribution in [0.3, 0.4) is 0 Å². The van der Waals surface area contributed by atoms with Crippen LogP contribution in [0.25, 0.3) is 0 Å². The maximum absolute atomic E-state index is 10.7. The fraction of sp³-hybridized carbons (Fsp3) is 0.364. The summed E-state index contributed by atoms with van der Waals surface area (Å²) >= 11 is 5.27. The predicted octanol–water partition coefficient (Wildman–Crippen LogP) is 3.80. The Hall–Kier alpha value is -1.02. The zero-order chi connectivity index (χ0) is 10.4. The summed E-state index contributed by atoms with van der Waals surface area (Å²) < 4.78 is 0. The molecule has 0 bridgehead atoms. The molecule has 0 aromatic heterocycles. The number of anilines is 1. The van der Waals surface area contributed by atoms with Gasteiger partial charge in [0.15, 0.2) is 0 Å². The van der Waals surface area contributed by atoms with Crippen molar-refractivity contribution in [3.63, 3.8) is 0 Å². The van der Waals surface area contributed by atoms with E-state index in [-0.39, 0.29) is 0 Å². The third kappa shape index (κ3) is 3.38. The number of para-hydroxylation sites is 1. The smallest absolute Gasteiger partial charge is 0.312 e. The largest absolute Gasteiger partial charge is 0.318 e. The number of carbonyl (C=O) groups is 1.